The van der Waals surface area contributed by atoms with E-state index in [1.54, 1.807) is 12.3 Å². The summed E-state index contributed by atoms with van der Waals surface area (Å²) >= 11 is 13.5. The number of hydrogen-bond donors (Lipinski definition) is 0. The van der Waals surface area contributed by atoms with Crippen molar-refractivity contribution in [3.63, 3.8) is 0 Å². The highest BCUT2D eigenvalue weighted by molar-refractivity contribution is 7.99. The lowest BCUT2D eigenvalue weighted by molar-refractivity contribution is 1.03. The Kier molecular flexibility index (Phi) is 4.62. The molecule has 0 spiro atoms. The summed E-state index contributed by atoms with van der Waals surface area (Å²) in [6, 6.07) is 13.1. The number of halogens is 2. The monoisotopic (exact) mass is 347 g/mol. The summed E-state index contributed by atoms with van der Waals surface area (Å²) < 4.78 is 0. The van der Waals surface area contributed by atoms with Gasteiger partial charge in [0.05, 0.1) is 10.0 Å². The minimum atomic E-state index is 0.529. The highest BCUT2D eigenvalue weighted by Gasteiger charge is 2.07. The maximum Gasteiger partial charge on any atom is 0.179 e. The topological polar surface area (TPSA) is 38.7 Å². The van der Waals surface area contributed by atoms with E-state index in [9.17, 15) is 0 Å². The van der Waals surface area contributed by atoms with Crippen LogP contribution in [0.25, 0.3) is 11.5 Å². The van der Waals surface area contributed by atoms with E-state index in [1.165, 1.54) is 11.8 Å². The first-order valence-electron chi connectivity index (χ1n) is 6.52. The molecule has 22 heavy (non-hydrogen) atoms. The fourth-order valence-electron chi connectivity index (χ4n) is 1.85. The van der Waals surface area contributed by atoms with Gasteiger partial charge in [0.15, 0.2) is 5.82 Å². The standard InChI is InChI=1S/C16H11Cl2N3S/c1-10-3-2-4-14(20-10)16-19-8-7-15(21-16)22-11-5-6-12(17)13(18)9-11/h2-9H,1H3. The number of rotatable bonds is 3. The molecule has 0 atom stereocenters. The van der Waals surface area contributed by atoms with Gasteiger partial charge in [-0.1, -0.05) is 41.0 Å². The summed E-state index contributed by atoms with van der Waals surface area (Å²) in [7, 11) is 0. The van der Waals surface area contributed by atoms with Gasteiger partial charge < -0.3 is 0 Å². The Morgan fingerprint density at radius 3 is 2.59 bits per heavy atom. The number of pyridine rings is 1. The van der Waals surface area contributed by atoms with Gasteiger partial charge in [0.2, 0.25) is 0 Å². The summed E-state index contributed by atoms with van der Waals surface area (Å²) in [6.45, 7) is 1.94. The first-order valence-corrected chi connectivity index (χ1v) is 8.09. The van der Waals surface area contributed by atoms with Gasteiger partial charge in [-0.25, -0.2) is 15.0 Å². The Hall–Kier alpha value is -1.62. The van der Waals surface area contributed by atoms with Crippen LogP contribution in [0.1, 0.15) is 5.69 Å². The summed E-state index contributed by atoms with van der Waals surface area (Å²) in [4.78, 5) is 14.2. The molecular formula is C16H11Cl2N3S. The summed E-state index contributed by atoms with van der Waals surface area (Å²) in [5.74, 6) is 0.605. The van der Waals surface area contributed by atoms with Crippen LogP contribution >= 0.6 is 35.0 Å². The SMILES string of the molecule is Cc1cccc(-c2nccc(Sc3ccc(Cl)c(Cl)c3)n2)n1. The lowest BCUT2D eigenvalue weighted by atomic mass is 10.3. The molecule has 2 aromatic heterocycles. The Labute approximate surface area is 142 Å². The molecule has 0 radical (unpaired) electrons. The van der Waals surface area contributed by atoms with E-state index in [-0.39, 0.29) is 0 Å². The largest absolute Gasteiger partial charge is 0.250 e. The number of nitrogens with zero attached hydrogens (tertiary/aromatic N) is 3. The lowest BCUT2D eigenvalue weighted by Crippen LogP contribution is -1.93. The highest BCUT2D eigenvalue weighted by atomic mass is 35.5. The minimum absolute atomic E-state index is 0.529. The van der Waals surface area contributed by atoms with Crippen LogP contribution in [0, 0.1) is 6.92 Å². The third-order valence-corrected chi connectivity index (χ3v) is 4.53. The summed E-state index contributed by atoms with van der Waals surface area (Å²) in [5, 5.41) is 1.89. The van der Waals surface area contributed by atoms with Gasteiger partial charge in [-0.05, 0) is 43.3 Å². The molecule has 0 aliphatic heterocycles. The number of aryl methyl sites for hydroxylation is 1. The average molecular weight is 348 g/mol. The number of hydrogen-bond acceptors (Lipinski definition) is 4. The fraction of sp³-hybridized carbons (Fsp3) is 0.0625. The fourth-order valence-corrected chi connectivity index (χ4v) is 3.03. The van der Waals surface area contributed by atoms with E-state index in [0.717, 1.165) is 21.3 Å². The van der Waals surface area contributed by atoms with Crippen LogP contribution in [0.4, 0.5) is 0 Å². The molecule has 0 N–H and O–H groups in total. The van der Waals surface area contributed by atoms with Crippen LogP contribution in [0.15, 0.2) is 58.6 Å². The molecule has 0 bridgehead atoms. The second kappa shape index (κ2) is 6.65. The minimum Gasteiger partial charge on any atom is -0.250 e. The van der Waals surface area contributed by atoms with Crippen molar-refractivity contribution in [2.75, 3.05) is 0 Å². The smallest absolute Gasteiger partial charge is 0.179 e. The van der Waals surface area contributed by atoms with E-state index in [1.807, 2.05) is 43.3 Å². The van der Waals surface area contributed by atoms with E-state index >= 15 is 0 Å². The Balaban J connectivity index is 1.89. The second-order valence-corrected chi connectivity index (χ2v) is 6.47. The van der Waals surface area contributed by atoms with Crippen LogP contribution in [0.2, 0.25) is 10.0 Å². The second-order valence-electron chi connectivity index (χ2n) is 4.56. The van der Waals surface area contributed by atoms with Crippen LogP contribution in [-0.4, -0.2) is 15.0 Å². The van der Waals surface area contributed by atoms with Crippen molar-refractivity contribution in [1.29, 1.82) is 0 Å². The Morgan fingerprint density at radius 1 is 0.955 bits per heavy atom. The maximum absolute atomic E-state index is 6.04. The molecule has 0 amide bonds. The molecule has 0 unspecified atom stereocenters. The number of aromatic nitrogens is 3. The lowest BCUT2D eigenvalue weighted by Gasteiger charge is -2.05. The molecular weight excluding hydrogens is 337 g/mol. The van der Waals surface area contributed by atoms with Gasteiger partial charge >= 0.3 is 0 Å². The van der Waals surface area contributed by atoms with Crippen LogP contribution in [0.3, 0.4) is 0 Å². The third kappa shape index (κ3) is 3.58. The molecule has 1 aromatic carbocycles. The first-order chi connectivity index (χ1) is 10.6. The molecule has 3 rings (SSSR count). The predicted molar refractivity (Wildman–Crippen MR) is 90.6 cm³/mol. The normalized spacial score (nSPS) is 10.7. The first kappa shape index (κ1) is 15.3. The summed E-state index contributed by atoms with van der Waals surface area (Å²) in [6.07, 6.45) is 1.73. The van der Waals surface area contributed by atoms with Gasteiger partial charge in [-0.2, -0.15) is 0 Å². The quantitative estimate of drug-likeness (QED) is 0.602. The molecule has 3 aromatic rings. The van der Waals surface area contributed by atoms with E-state index in [2.05, 4.69) is 15.0 Å². The van der Waals surface area contributed by atoms with Crippen LogP contribution in [0.5, 0.6) is 0 Å². The molecule has 6 heteroatoms. The van der Waals surface area contributed by atoms with Gasteiger partial charge in [-0.3, -0.25) is 0 Å². The van der Waals surface area contributed by atoms with Gasteiger partial charge in [0.1, 0.15) is 10.7 Å². The zero-order valence-electron chi connectivity index (χ0n) is 11.6. The molecule has 2 heterocycles. The van der Waals surface area contributed by atoms with Crippen molar-refractivity contribution in [1.82, 2.24) is 15.0 Å². The van der Waals surface area contributed by atoms with Gasteiger partial charge in [-0.15, -0.1) is 0 Å². The van der Waals surface area contributed by atoms with Crippen molar-refractivity contribution in [3.8, 4) is 11.5 Å². The molecule has 0 fully saturated rings. The Morgan fingerprint density at radius 2 is 1.82 bits per heavy atom. The van der Waals surface area contributed by atoms with Crippen LogP contribution in [-0.2, 0) is 0 Å². The molecule has 0 saturated carbocycles. The molecule has 3 nitrogen and oxygen atoms in total. The maximum atomic E-state index is 6.04. The van der Waals surface area contributed by atoms with Gasteiger partial charge in [0.25, 0.3) is 0 Å². The van der Waals surface area contributed by atoms with Crippen molar-refractivity contribution >= 4 is 35.0 Å². The molecule has 0 saturated heterocycles. The van der Waals surface area contributed by atoms with Crippen molar-refractivity contribution in [2.45, 2.75) is 16.8 Å². The Bertz CT molecular complexity index is 824. The van der Waals surface area contributed by atoms with E-state index in [4.69, 9.17) is 23.2 Å². The van der Waals surface area contributed by atoms with Crippen molar-refractivity contribution in [2.24, 2.45) is 0 Å². The van der Waals surface area contributed by atoms with Gasteiger partial charge in [0, 0.05) is 16.8 Å². The van der Waals surface area contributed by atoms with E-state index < -0.39 is 0 Å². The zero-order chi connectivity index (χ0) is 15.5. The van der Waals surface area contributed by atoms with Crippen molar-refractivity contribution in [3.05, 3.63) is 64.4 Å². The summed E-state index contributed by atoms with van der Waals surface area (Å²) in [5.41, 5.74) is 1.69. The average Bonchev–Trinajstić information content (AvgIpc) is 2.51. The molecule has 0 aliphatic carbocycles. The third-order valence-electron chi connectivity index (χ3n) is 2.86. The van der Waals surface area contributed by atoms with Crippen LogP contribution < -0.4 is 0 Å². The highest BCUT2D eigenvalue weighted by Crippen LogP contribution is 2.32. The molecule has 0 aliphatic rings. The molecule has 110 valence electrons. The number of benzene rings is 1. The zero-order valence-corrected chi connectivity index (χ0v) is 14.0. The van der Waals surface area contributed by atoms with E-state index in [0.29, 0.717) is 15.9 Å². The predicted octanol–water partition coefficient (Wildman–Crippen LogP) is 5.31. The van der Waals surface area contributed by atoms with Crippen molar-refractivity contribution < 1.29 is 0 Å².